The molecular formula is C17H26N2O3S. The number of sulfonamides is 1. The SMILES string of the molecule is CC1(C)[C@H](NCCNS(=O)(=O)c2ccccc2)[C@@H]2CCCO[C@@H]21. The molecule has 0 bridgehead atoms. The smallest absolute Gasteiger partial charge is 0.240 e. The summed E-state index contributed by atoms with van der Waals surface area (Å²) in [6.07, 6.45) is 2.66. The molecule has 0 amide bonds. The molecule has 0 aromatic heterocycles. The Balaban J connectivity index is 1.49. The zero-order valence-electron chi connectivity index (χ0n) is 13.8. The predicted molar refractivity (Wildman–Crippen MR) is 89.7 cm³/mol. The molecule has 1 heterocycles. The van der Waals surface area contributed by atoms with Gasteiger partial charge in [-0.1, -0.05) is 32.0 Å². The molecule has 0 radical (unpaired) electrons. The number of ether oxygens (including phenoxy) is 1. The maximum Gasteiger partial charge on any atom is 0.240 e. The molecule has 2 N–H and O–H groups in total. The zero-order chi connectivity index (χ0) is 16.5. The molecule has 5 nitrogen and oxygen atoms in total. The van der Waals surface area contributed by atoms with E-state index in [1.54, 1.807) is 24.3 Å². The summed E-state index contributed by atoms with van der Waals surface area (Å²) in [6.45, 7) is 6.34. The van der Waals surface area contributed by atoms with E-state index in [0.29, 0.717) is 36.0 Å². The van der Waals surface area contributed by atoms with E-state index in [1.165, 1.54) is 6.42 Å². The van der Waals surface area contributed by atoms with E-state index >= 15 is 0 Å². The minimum atomic E-state index is -3.41. The van der Waals surface area contributed by atoms with Gasteiger partial charge in [0.05, 0.1) is 11.0 Å². The standard InChI is InChI=1S/C17H26N2O3S/c1-17(2)15(14-9-6-12-22-16(14)17)18-10-11-19-23(20,21)13-7-4-3-5-8-13/h3-5,7-8,14-16,18-19H,6,9-12H2,1-2H3/t14-,15+,16-/m0/s1. The molecule has 1 saturated carbocycles. The quantitative estimate of drug-likeness (QED) is 0.776. The van der Waals surface area contributed by atoms with Crippen molar-refractivity contribution >= 4 is 10.0 Å². The third-order valence-electron chi connectivity index (χ3n) is 5.17. The second kappa shape index (κ2) is 6.51. The molecule has 0 unspecified atom stereocenters. The average molecular weight is 338 g/mol. The summed E-state index contributed by atoms with van der Waals surface area (Å²) in [5, 5.41) is 3.53. The van der Waals surface area contributed by atoms with Crippen molar-refractivity contribution in [1.82, 2.24) is 10.0 Å². The first kappa shape index (κ1) is 16.9. The molecule has 0 spiro atoms. The van der Waals surface area contributed by atoms with Gasteiger partial charge in [0.15, 0.2) is 0 Å². The number of benzene rings is 1. The Kier molecular flexibility index (Phi) is 4.78. The Hall–Kier alpha value is -0.950. The Morgan fingerprint density at radius 2 is 1.96 bits per heavy atom. The van der Waals surface area contributed by atoms with E-state index in [4.69, 9.17) is 4.74 Å². The molecular weight excluding hydrogens is 312 g/mol. The number of nitrogens with one attached hydrogen (secondary N) is 2. The van der Waals surface area contributed by atoms with Crippen LogP contribution in [0.3, 0.4) is 0 Å². The molecule has 6 heteroatoms. The van der Waals surface area contributed by atoms with Crippen LogP contribution in [0.25, 0.3) is 0 Å². The maximum atomic E-state index is 12.2. The van der Waals surface area contributed by atoms with E-state index in [9.17, 15) is 8.42 Å². The highest BCUT2D eigenvalue weighted by atomic mass is 32.2. The van der Waals surface area contributed by atoms with E-state index < -0.39 is 10.0 Å². The van der Waals surface area contributed by atoms with Gasteiger partial charge in [0.25, 0.3) is 0 Å². The van der Waals surface area contributed by atoms with Crippen LogP contribution >= 0.6 is 0 Å². The number of rotatable bonds is 6. The molecule has 2 fully saturated rings. The second-order valence-electron chi connectivity index (χ2n) is 7.06. The molecule has 1 aromatic carbocycles. The number of hydrogen-bond acceptors (Lipinski definition) is 4. The fourth-order valence-electron chi connectivity index (χ4n) is 4.03. The molecule has 1 aliphatic heterocycles. The van der Waals surface area contributed by atoms with Crippen LogP contribution in [0.2, 0.25) is 0 Å². The van der Waals surface area contributed by atoms with Gasteiger partial charge < -0.3 is 10.1 Å². The van der Waals surface area contributed by atoms with Gasteiger partial charge in [-0.15, -0.1) is 0 Å². The van der Waals surface area contributed by atoms with E-state index in [-0.39, 0.29) is 5.41 Å². The van der Waals surface area contributed by atoms with Crippen LogP contribution in [0, 0.1) is 11.3 Å². The van der Waals surface area contributed by atoms with Crippen LogP contribution in [0.1, 0.15) is 26.7 Å². The summed E-state index contributed by atoms with van der Waals surface area (Å²) < 4.78 is 32.9. The van der Waals surface area contributed by atoms with Crippen molar-refractivity contribution in [3.05, 3.63) is 30.3 Å². The van der Waals surface area contributed by atoms with Gasteiger partial charge in [0.2, 0.25) is 10.0 Å². The van der Waals surface area contributed by atoms with Gasteiger partial charge in [-0.05, 0) is 25.0 Å². The summed E-state index contributed by atoms with van der Waals surface area (Å²) in [5.74, 6) is 0.560. The van der Waals surface area contributed by atoms with Crippen LogP contribution in [0.4, 0.5) is 0 Å². The number of hydrogen-bond donors (Lipinski definition) is 2. The third-order valence-corrected chi connectivity index (χ3v) is 6.64. The topological polar surface area (TPSA) is 67.4 Å². The lowest BCUT2D eigenvalue weighted by atomic mass is 9.55. The lowest BCUT2D eigenvalue weighted by Crippen LogP contribution is -2.69. The van der Waals surface area contributed by atoms with Crippen molar-refractivity contribution in [2.75, 3.05) is 19.7 Å². The van der Waals surface area contributed by atoms with Crippen LogP contribution in [-0.2, 0) is 14.8 Å². The number of fused-ring (bicyclic) bond motifs is 1. The largest absolute Gasteiger partial charge is 0.377 e. The van der Waals surface area contributed by atoms with Crippen molar-refractivity contribution in [2.24, 2.45) is 11.3 Å². The average Bonchev–Trinajstić information content (AvgIpc) is 2.55. The molecule has 3 rings (SSSR count). The lowest BCUT2D eigenvalue weighted by molar-refractivity contribution is -0.192. The second-order valence-corrected chi connectivity index (χ2v) is 8.83. The Morgan fingerprint density at radius 3 is 2.70 bits per heavy atom. The fraction of sp³-hybridized carbons (Fsp3) is 0.647. The Bertz CT molecular complexity index is 630. The van der Waals surface area contributed by atoms with Crippen molar-refractivity contribution in [3.63, 3.8) is 0 Å². The van der Waals surface area contributed by atoms with Gasteiger partial charge >= 0.3 is 0 Å². The summed E-state index contributed by atoms with van der Waals surface area (Å²) in [4.78, 5) is 0.310. The predicted octanol–water partition coefficient (Wildman–Crippen LogP) is 1.76. The Morgan fingerprint density at radius 1 is 1.22 bits per heavy atom. The van der Waals surface area contributed by atoms with Crippen LogP contribution in [-0.4, -0.2) is 40.3 Å². The lowest BCUT2D eigenvalue weighted by Gasteiger charge is -2.60. The zero-order valence-corrected chi connectivity index (χ0v) is 14.6. The molecule has 3 atom stereocenters. The molecule has 23 heavy (non-hydrogen) atoms. The molecule has 2 aliphatic rings. The fourth-order valence-corrected chi connectivity index (χ4v) is 5.09. The normalized spacial score (nSPS) is 29.6. The summed E-state index contributed by atoms with van der Waals surface area (Å²) in [6, 6.07) is 8.87. The van der Waals surface area contributed by atoms with Crippen LogP contribution in [0.15, 0.2) is 35.2 Å². The maximum absolute atomic E-state index is 12.2. The van der Waals surface area contributed by atoms with Crippen LogP contribution < -0.4 is 10.0 Å². The van der Waals surface area contributed by atoms with Crippen LogP contribution in [0.5, 0.6) is 0 Å². The summed E-state index contributed by atoms with van der Waals surface area (Å²) >= 11 is 0. The van der Waals surface area contributed by atoms with Gasteiger partial charge in [0.1, 0.15) is 0 Å². The third kappa shape index (κ3) is 3.31. The molecule has 1 aliphatic carbocycles. The van der Waals surface area contributed by atoms with Crippen molar-refractivity contribution in [1.29, 1.82) is 0 Å². The van der Waals surface area contributed by atoms with E-state index in [0.717, 1.165) is 13.0 Å². The van der Waals surface area contributed by atoms with Gasteiger partial charge in [-0.2, -0.15) is 0 Å². The minimum absolute atomic E-state index is 0.114. The van der Waals surface area contributed by atoms with E-state index in [1.807, 2.05) is 6.07 Å². The Labute approximate surface area is 138 Å². The first-order chi connectivity index (χ1) is 10.9. The first-order valence-electron chi connectivity index (χ1n) is 8.32. The van der Waals surface area contributed by atoms with Crippen molar-refractivity contribution in [2.45, 2.75) is 43.7 Å². The van der Waals surface area contributed by atoms with E-state index in [2.05, 4.69) is 23.9 Å². The monoisotopic (exact) mass is 338 g/mol. The first-order valence-corrected chi connectivity index (χ1v) is 9.81. The minimum Gasteiger partial charge on any atom is -0.377 e. The van der Waals surface area contributed by atoms with Gasteiger partial charge in [0, 0.05) is 37.1 Å². The van der Waals surface area contributed by atoms with Gasteiger partial charge in [-0.25, -0.2) is 13.1 Å². The highest BCUT2D eigenvalue weighted by molar-refractivity contribution is 7.89. The molecule has 1 saturated heterocycles. The molecule has 1 aromatic rings. The van der Waals surface area contributed by atoms with Crippen molar-refractivity contribution < 1.29 is 13.2 Å². The highest BCUT2D eigenvalue weighted by Gasteiger charge is 2.57. The van der Waals surface area contributed by atoms with Gasteiger partial charge in [-0.3, -0.25) is 0 Å². The summed E-state index contributed by atoms with van der Waals surface area (Å²) in [5.41, 5.74) is 0.114. The summed E-state index contributed by atoms with van der Waals surface area (Å²) in [7, 11) is -3.41. The molecule has 128 valence electrons. The van der Waals surface area contributed by atoms with Crippen molar-refractivity contribution in [3.8, 4) is 0 Å². The highest BCUT2D eigenvalue weighted by Crippen LogP contribution is 2.51.